The highest BCUT2D eigenvalue weighted by molar-refractivity contribution is 6.34. The molecule has 1 heterocycles. The molecule has 0 unspecified atom stereocenters. The molecule has 1 aromatic heterocycles. The number of anilines is 1. The maximum Gasteiger partial charge on any atom is 0.253 e. The summed E-state index contributed by atoms with van der Waals surface area (Å²) in [6, 6.07) is 6.50. The van der Waals surface area contributed by atoms with Gasteiger partial charge in [0.05, 0.1) is 22.8 Å². The number of hydrogen-bond acceptors (Lipinski definition) is 4. The molecule has 0 aliphatic heterocycles. The largest absolute Gasteiger partial charge is 0.399 e. The van der Waals surface area contributed by atoms with Crippen LogP contribution in [-0.2, 0) is 6.54 Å². The Morgan fingerprint density at radius 2 is 2.28 bits per heavy atom. The number of benzene rings is 1. The van der Waals surface area contributed by atoms with Gasteiger partial charge < -0.3 is 15.6 Å². The lowest BCUT2D eigenvalue weighted by molar-refractivity contribution is 0.0947. The van der Waals surface area contributed by atoms with Crippen LogP contribution in [0.25, 0.3) is 0 Å². The zero-order valence-corrected chi connectivity index (χ0v) is 10.5. The van der Waals surface area contributed by atoms with Crippen molar-refractivity contribution < 1.29 is 9.32 Å². The van der Waals surface area contributed by atoms with Gasteiger partial charge >= 0.3 is 0 Å². The molecule has 3 N–H and O–H groups in total. The lowest BCUT2D eigenvalue weighted by atomic mass is 10.2. The summed E-state index contributed by atoms with van der Waals surface area (Å²) in [6.07, 6.45) is 0. The zero-order chi connectivity index (χ0) is 13.1. The Kier molecular flexibility index (Phi) is 3.53. The quantitative estimate of drug-likeness (QED) is 0.833. The summed E-state index contributed by atoms with van der Waals surface area (Å²) in [7, 11) is 0. The van der Waals surface area contributed by atoms with Crippen molar-refractivity contribution in [3.05, 3.63) is 46.3 Å². The summed E-state index contributed by atoms with van der Waals surface area (Å²) in [5.74, 6) is 0.307. The molecule has 0 aliphatic carbocycles. The second-order valence-corrected chi connectivity index (χ2v) is 4.26. The number of nitrogens with one attached hydrogen (secondary N) is 1. The van der Waals surface area contributed by atoms with Crippen LogP contribution < -0.4 is 11.1 Å². The molecular weight excluding hydrogens is 254 g/mol. The van der Waals surface area contributed by atoms with E-state index < -0.39 is 0 Å². The lowest BCUT2D eigenvalue weighted by Crippen LogP contribution is -2.22. The fraction of sp³-hybridized carbons (Fsp3) is 0.167. The number of aryl methyl sites for hydroxylation is 1. The monoisotopic (exact) mass is 265 g/mol. The molecular formula is C12H12ClN3O2. The van der Waals surface area contributed by atoms with Gasteiger partial charge in [-0.15, -0.1) is 0 Å². The summed E-state index contributed by atoms with van der Waals surface area (Å²) in [4.78, 5) is 11.9. The molecule has 2 rings (SSSR count). The molecule has 0 spiro atoms. The van der Waals surface area contributed by atoms with Crippen LogP contribution in [0.3, 0.4) is 0 Å². The Bertz CT molecular complexity index is 580. The van der Waals surface area contributed by atoms with Crippen LogP contribution in [-0.4, -0.2) is 11.1 Å². The van der Waals surface area contributed by atoms with Gasteiger partial charge in [-0.2, -0.15) is 0 Å². The number of amides is 1. The van der Waals surface area contributed by atoms with Gasteiger partial charge in [-0.3, -0.25) is 4.79 Å². The van der Waals surface area contributed by atoms with E-state index in [1.165, 1.54) is 6.07 Å². The van der Waals surface area contributed by atoms with Gasteiger partial charge in [0.15, 0.2) is 5.76 Å². The Hall–Kier alpha value is -2.01. The summed E-state index contributed by atoms with van der Waals surface area (Å²) in [6.45, 7) is 2.08. The van der Waals surface area contributed by atoms with Crippen LogP contribution in [0.2, 0.25) is 5.02 Å². The van der Waals surface area contributed by atoms with Crippen molar-refractivity contribution >= 4 is 23.2 Å². The van der Waals surface area contributed by atoms with E-state index in [0.29, 0.717) is 22.0 Å². The van der Waals surface area contributed by atoms with Crippen molar-refractivity contribution in [3.63, 3.8) is 0 Å². The van der Waals surface area contributed by atoms with Crippen LogP contribution in [0.15, 0.2) is 28.8 Å². The minimum Gasteiger partial charge on any atom is -0.399 e. The molecule has 5 nitrogen and oxygen atoms in total. The van der Waals surface area contributed by atoms with E-state index in [4.69, 9.17) is 21.9 Å². The number of aromatic nitrogens is 1. The number of rotatable bonds is 3. The van der Waals surface area contributed by atoms with E-state index in [2.05, 4.69) is 10.5 Å². The van der Waals surface area contributed by atoms with Crippen molar-refractivity contribution in [2.75, 3.05) is 5.73 Å². The van der Waals surface area contributed by atoms with E-state index in [-0.39, 0.29) is 12.5 Å². The van der Waals surface area contributed by atoms with Crippen LogP contribution in [0.1, 0.15) is 21.8 Å². The molecule has 2 aromatic rings. The normalized spacial score (nSPS) is 10.3. The second kappa shape index (κ2) is 5.10. The van der Waals surface area contributed by atoms with Crippen LogP contribution >= 0.6 is 11.6 Å². The van der Waals surface area contributed by atoms with E-state index in [9.17, 15) is 4.79 Å². The average Bonchev–Trinajstić information content (AvgIpc) is 2.72. The first-order valence-electron chi connectivity index (χ1n) is 5.31. The van der Waals surface area contributed by atoms with Crippen LogP contribution in [0.5, 0.6) is 0 Å². The predicted octanol–water partition coefficient (Wildman–Crippen LogP) is 2.15. The fourth-order valence-electron chi connectivity index (χ4n) is 1.48. The average molecular weight is 266 g/mol. The van der Waals surface area contributed by atoms with Crippen LogP contribution in [0, 0.1) is 6.92 Å². The van der Waals surface area contributed by atoms with E-state index in [0.717, 1.165) is 5.69 Å². The minimum atomic E-state index is -0.283. The third kappa shape index (κ3) is 2.81. The Morgan fingerprint density at radius 1 is 1.50 bits per heavy atom. The smallest absolute Gasteiger partial charge is 0.253 e. The molecule has 1 amide bonds. The first-order valence-corrected chi connectivity index (χ1v) is 5.69. The van der Waals surface area contributed by atoms with E-state index in [1.54, 1.807) is 18.2 Å². The van der Waals surface area contributed by atoms with Gasteiger partial charge in [0, 0.05) is 11.8 Å². The number of nitrogen functional groups attached to an aromatic ring is 1. The first kappa shape index (κ1) is 12.4. The van der Waals surface area contributed by atoms with Gasteiger partial charge in [0.1, 0.15) is 0 Å². The highest BCUT2D eigenvalue weighted by Crippen LogP contribution is 2.19. The molecule has 0 fully saturated rings. The van der Waals surface area contributed by atoms with Gasteiger partial charge in [0.25, 0.3) is 5.91 Å². The third-order valence-corrected chi connectivity index (χ3v) is 2.65. The minimum absolute atomic E-state index is 0.264. The predicted molar refractivity (Wildman–Crippen MR) is 68.3 cm³/mol. The van der Waals surface area contributed by atoms with Crippen molar-refractivity contribution in [3.8, 4) is 0 Å². The summed E-state index contributed by atoms with van der Waals surface area (Å²) in [5.41, 5.74) is 7.22. The maximum atomic E-state index is 11.9. The summed E-state index contributed by atoms with van der Waals surface area (Å²) in [5, 5.41) is 6.74. The van der Waals surface area contributed by atoms with Gasteiger partial charge in [0.2, 0.25) is 0 Å². The topological polar surface area (TPSA) is 81.2 Å². The molecule has 0 saturated carbocycles. The Morgan fingerprint density at radius 3 is 2.89 bits per heavy atom. The molecule has 0 bridgehead atoms. The number of hydrogen-bond donors (Lipinski definition) is 2. The van der Waals surface area contributed by atoms with Gasteiger partial charge in [-0.1, -0.05) is 16.8 Å². The highest BCUT2D eigenvalue weighted by Gasteiger charge is 2.11. The Labute approximate surface area is 109 Å². The van der Waals surface area contributed by atoms with Gasteiger partial charge in [-0.05, 0) is 25.1 Å². The molecule has 0 aliphatic rings. The lowest BCUT2D eigenvalue weighted by Gasteiger charge is -2.05. The molecule has 1 aromatic carbocycles. The second-order valence-electron chi connectivity index (χ2n) is 3.86. The molecule has 18 heavy (non-hydrogen) atoms. The molecule has 0 atom stereocenters. The van der Waals surface area contributed by atoms with E-state index in [1.807, 2.05) is 6.92 Å². The van der Waals surface area contributed by atoms with Crippen molar-refractivity contribution in [1.29, 1.82) is 0 Å². The fourth-order valence-corrected chi connectivity index (χ4v) is 1.75. The molecule has 0 saturated heterocycles. The van der Waals surface area contributed by atoms with Crippen molar-refractivity contribution in [1.82, 2.24) is 10.5 Å². The van der Waals surface area contributed by atoms with Crippen molar-refractivity contribution in [2.45, 2.75) is 13.5 Å². The van der Waals surface area contributed by atoms with Crippen LogP contribution in [0.4, 0.5) is 5.69 Å². The molecule has 0 radical (unpaired) electrons. The number of nitrogens with zero attached hydrogens (tertiary/aromatic N) is 1. The highest BCUT2D eigenvalue weighted by atomic mass is 35.5. The number of carbonyl (C=O) groups excluding carboxylic acids is 1. The molecule has 94 valence electrons. The van der Waals surface area contributed by atoms with Crippen molar-refractivity contribution in [2.24, 2.45) is 0 Å². The third-order valence-electron chi connectivity index (χ3n) is 2.34. The SMILES string of the molecule is Cc1cc(CNC(=O)c2ccc(N)cc2Cl)on1. The Balaban J connectivity index is 2.03. The number of halogens is 1. The number of nitrogens with two attached hydrogens (primary N) is 1. The standard InChI is InChI=1S/C12H12ClN3O2/c1-7-4-9(18-16-7)6-15-12(17)10-3-2-8(14)5-11(10)13/h2-5H,6,14H2,1H3,(H,15,17). The summed E-state index contributed by atoms with van der Waals surface area (Å²) < 4.78 is 4.98. The van der Waals surface area contributed by atoms with E-state index >= 15 is 0 Å². The number of carbonyl (C=O) groups is 1. The molecule has 6 heteroatoms. The zero-order valence-electron chi connectivity index (χ0n) is 9.74. The summed E-state index contributed by atoms with van der Waals surface area (Å²) >= 11 is 5.93. The maximum absolute atomic E-state index is 11.9. The van der Waals surface area contributed by atoms with Gasteiger partial charge in [-0.25, -0.2) is 0 Å². The first-order chi connectivity index (χ1) is 8.56.